The summed E-state index contributed by atoms with van der Waals surface area (Å²) < 4.78 is 5.34. The molecule has 0 atom stereocenters. The molecule has 134 valence electrons. The van der Waals surface area contributed by atoms with Crippen molar-refractivity contribution < 1.29 is 4.52 Å². The Kier molecular flexibility index (Phi) is 4.62. The molecule has 3 aromatic heterocycles. The Hall–Kier alpha value is -2.80. The SMILES string of the molecule is CN1CCC(Cc2noc(-c3ccc(-c4ccncc4)[nH]c3=O)n2)CC1. The van der Waals surface area contributed by atoms with Crippen LogP contribution in [0, 0.1) is 5.92 Å². The summed E-state index contributed by atoms with van der Waals surface area (Å²) in [5, 5.41) is 4.07. The molecule has 0 saturated carbocycles. The molecule has 4 rings (SSSR count). The Morgan fingerprint density at radius 3 is 2.69 bits per heavy atom. The van der Waals surface area contributed by atoms with Crippen LogP contribution in [-0.4, -0.2) is 45.1 Å². The normalized spacial score (nSPS) is 16.0. The maximum atomic E-state index is 12.4. The maximum absolute atomic E-state index is 12.4. The second kappa shape index (κ2) is 7.21. The van der Waals surface area contributed by atoms with E-state index in [1.807, 2.05) is 18.2 Å². The van der Waals surface area contributed by atoms with Crippen molar-refractivity contribution in [3.8, 4) is 22.7 Å². The molecule has 0 bridgehead atoms. The van der Waals surface area contributed by atoms with Crippen LogP contribution in [0.2, 0.25) is 0 Å². The third-order valence-corrected chi connectivity index (χ3v) is 4.91. The van der Waals surface area contributed by atoms with Gasteiger partial charge in [-0.25, -0.2) is 0 Å². The molecule has 0 unspecified atom stereocenters. The van der Waals surface area contributed by atoms with Crippen molar-refractivity contribution in [2.45, 2.75) is 19.3 Å². The van der Waals surface area contributed by atoms with Crippen molar-refractivity contribution in [3.63, 3.8) is 0 Å². The van der Waals surface area contributed by atoms with Crippen LogP contribution in [0.3, 0.4) is 0 Å². The van der Waals surface area contributed by atoms with E-state index < -0.39 is 0 Å². The predicted molar refractivity (Wildman–Crippen MR) is 97.5 cm³/mol. The van der Waals surface area contributed by atoms with Gasteiger partial charge in [0.1, 0.15) is 5.56 Å². The maximum Gasteiger partial charge on any atom is 0.263 e. The van der Waals surface area contributed by atoms with Crippen molar-refractivity contribution in [1.29, 1.82) is 0 Å². The van der Waals surface area contributed by atoms with Crippen LogP contribution in [0.4, 0.5) is 0 Å². The number of aromatic amines is 1. The van der Waals surface area contributed by atoms with Gasteiger partial charge >= 0.3 is 0 Å². The Balaban J connectivity index is 1.51. The second-order valence-corrected chi connectivity index (χ2v) is 6.82. The van der Waals surface area contributed by atoms with Gasteiger partial charge in [0.05, 0.1) is 0 Å². The summed E-state index contributed by atoms with van der Waals surface area (Å²) >= 11 is 0. The van der Waals surface area contributed by atoms with Crippen molar-refractivity contribution in [2.75, 3.05) is 20.1 Å². The average Bonchev–Trinajstić information content (AvgIpc) is 3.12. The smallest absolute Gasteiger partial charge is 0.263 e. The molecular formula is C19H21N5O2. The third kappa shape index (κ3) is 3.57. The summed E-state index contributed by atoms with van der Waals surface area (Å²) in [6.07, 6.45) is 6.46. The summed E-state index contributed by atoms with van der Waals surface area (Å²) in [6.45, 7) is 2.21. The van der Waals surface area contributed by atoms with Crippen LogP contribution in [-0.2, 0) is 6.42 Å². The zero-order valence-corrected chi connectivity index (χ0v) is 14.7. The largest absolute Gasteiger partial charge is 0.334 e. The summed E-state index contributed by atoms with van der Waals surface area (Å²) in [5.41, 5.74) is 1.78. The fourth-order valence-corrected chi connectivity index (χ4v) is 3.31. The van der Waals surface area contributed by atoms with Crippen LogP contribution in [0.15, 0.2) is 46.0 Å². The van der Waals surface area contributed by atoms with Gasteiger partial charge in [-0.1, -0.05) is 5.16 Å². The van der Waals surface area contributed by atoms with Gasteiger partial charge in [-0.3, -0.25) is 9.78 Å². The number of nitrogens with one attached hydrogen (secondary N) is 1. The molecule has 0 spiro atoms. The van der Waals surface area contributed by atoms with Gasteiger partial charge in [0.25, 0.3) is 11.4 Å². The predicted octanol–water partition coefficient (Wildman–Crippen LogP) is 2.37. The number of hydrogen-bond donors (Lipinski definition) is 1. The molecule has 0 amide bonds. The van der Waals surface area contributed by atoms with Crippen molar-refractivity contribution in [3.05, 3.63) is 52.8 Å². The zero-order valence-electron chi connectivity index (χ0n) is 14.7. The average molecular weight is 351 g/mol. The fraction of sp³-hybridized carbons (Fsp3) is 0.368. The van der Waals surface area contributed by atoms with E-state index in [0.29, 0.717) is 17.3 Å². The molecule has 1 fully saturated rings. The number of H-pyrrole nitrogens is 1. The van der Waals surface area contributed by atoms with Gasteiger partial charge in [-0.15, -0.1) is 0 Å². The van der Waals surface area contributed by atoms with Crippen LogP contribution in [0.1, 0.15) is 18.7 Å². The molecule has 1 aliphatic rings. The van der Waals surface area contributed by atoms with Crippen LogP contribution in [0.25, 0.3) is 22.7 Å². The topological polar surface area (TPSA) is 87.9 Å². The van der Waals surface area contributed by atoms with Gasteiger partial charge in [0, 0.05) is 30.1 Å². The highest BCUT2D eigenvalue weighted by molar-refractivity contribution is 5.61. The lowest BCUT2D eigenvalue weighted by atomic mass is 9.94. The zero-order chi connectivity index (χ0) is 17.9. The Morgan fingerprint density at radius 1 is 1.19 bits per heavy atom. The van der Waals surface area contributed by atoms with E-state index in [2.05, 4.69) is 32.1 Å². The number of nitrogens with zero attached hydrogens (tertiary/aromatic N) is 4. The number of rotatable bonds is 4. The first-order valence-electron chi connectivity index (χ1n) is 8.84. The highest BCUT2D eigenvalue weighted by atomic mass is 16.5. The Bertz CT molecular complexity index is 926. The molecule has 0 aliphatic carbocycles. The van der Waals surface area contributed by atoms with E-state index >= 15 is 0 Å². The van der Waals surface area contributed by atoms with E-state index in [4.69, 9.17) is 4.52 Å². The Morgan fingerprint density at radius 2 is 1.96 bits per heavy atom. The van der Waals surface area contributed by atoms with Gasteiger partial charge < -0.3 is 14.4 Å². The van der Waals surface area contributed by atoms with E-state index in [0.717, 1.165) is 43.6 Å². The van der Waals surface area contributed by atoms with E-state index in [9.17, 15) is 4.79 Å². The molecule has 0 radical (unpaired) electrons. The number of piperidine rings is 1. The number of pyridine rings is 2. The monoisotopic (exact) mass is 351 g/mol. The van der Waals surface area contributed by atoms with Gasteiger partial charge in [0.15, 0.2) is 5.82 Å². The van der Waals surface area contributed by atoms with E-state index in [1.54, 1.807) is 18.5 Å². The third-order valence-electron chi connectivity index (χ3n) is 4.91. The van der Waals surface area contributed by atoms with Gasteiger partial charge in [0.2, 0.25) is 0 Å². The molecule has 26 heavy (non-hydrogen) atoms. The van der Waals surface area contributed by atoms with Crippen LogP contribution < -0.4 is 5.56 Å². The van der Waals surface area contributed by atoms with Gasteiger partial charge in [-0.2, -0.15) is 4.98 Å². The molecule has 1 N–H and O–H groups in total. The van der Waals surface area contributed by atoms with E-state index in [1.165, 1.54) is 0 Å². The molecule has 1 saturated heterocycles. The first-order chi connectivity index (χ1) is 12.7. The van der Waals surface area contributed by atoms with E-state index in [-0.39, 0.29) is 11.4 Å². The second-order valence-electron chi connectivity index (χ2n) is 6.82. The summed E-state index contributed by atoms with van der Waals surface area (Å²) in [7, 11) is 2.14. The lowest BCUT2D eigenvalue weighted by molar-refractivity contribution is 0.216. The molecule has 7 nitrogen and oxygen atoms in total. The number of likely N-dealkylation sites (tertiary alicyclic amines) is 1. The molecule has 1 aliphatic heterocycles. The number of aromatic nitrogens is 4. The van der Waals surface area contributed by atoms with Crippen LogP contribution >= 0.6 is 0 Å². The summed E-state index contributed by atoms with van der Waals surface area (Å²) in [6, 6.07) is 7.25. The highest BCUT2D eigenvalue weighted by Crippen LogP contribution is 2.22. The minimum absolute atomic E-state index is 0.242. The minimum atomic E-state index is -0.242. The molecule has 3 aromatic rings. The number of hydrogen-bond acceptors (Lipinski definition) is 6. The summed E-state index contributed by atoms with van der Waals surface area (Å²) in [5.74, 6) is 1.52. The van der Waals surface area contributed by atoms with Crippen molar-refractivity contribution in [2.24, 2.45) is 5.92 Å². The minimum Gasteiger partial charge on any atom is -0.334 e. The molecular weight excluding hydrogens is 330 g/mol. The van der Waals surface area contributed by atoms with Crippen LogP contribution in [0.5, 0.6) is 0 Å². The first-order valence-corrected chi connectivity index (χ1v) is 8.84. The quantitative estimate of drug-likeness (QED) is 0.776. The highest BCUT2D eigenvalue weighted by Gasteiger charge is 2.20. The molecule has 7 heteroatoms. The first kappa shape index (κ1) is 16.7. The molecule has 4 heterocycles. The Labute approximate surface area is 151 Å². The van der Waals surface area contributed by atoms with Crippen molar-refractivity contribution >= 4 is 0 Å². The summed E-state index contributed by atoms with van der Waals surface area (Å²) in [4.78, 5) is 26.1. The lowest BCUT2D eigenvalue weighted by Crippen LogP contribution is -2.31. The lowest BCUT2D eigenvalue weighted by Gasteiger charge is -2.27. The molecule has 0 aromatic carbocycles. The van der Waals surface area contributed by atoms with Gasteiger partial charge in [-0.05, 0) is 63.2 Å². The van der Waals surface area contributed by atoms with Crippen molar-refractivity contribution in [1.82, 2.24) is 25.0 Å². The fourth-order valence-electron chi connectivity index (χ4n) is 3.31. The standard InChI is InChI=1S/C19H21N5O2/c1-24-10-6-13(7-11-24)12-17-22-19(26-23-17)15-2-3-16(21-18(15)25)14-4-8-20-9-5-14/h2-5,8-9,13H,6-7,10-12H2,1H3,(H,21,25).